The summed E-state index contributed by atoms with van der Waals surface area (Å²) < 4.78 is 2.39. The quantitative estimate of drug-likeness (QED) is 0.855. The summed E-state index contributed by atoms with van der Waals surface area (Å²) in [5.41, 5.74) is 4.22. The van der Waals surface area contributed by atoms with Crippen LogP contribution in [0.2, 0.25) is 0 Å². The summed E-state index contributed by atoms with van der Waals surface area (Å²) in [5.74, 6) is 0.953. The van der Waals surface area contributed by atoms with Crippen LogP contribution in [-0.2, 0) is 19.4 Å². The zero-order chi connectivity index (χ0) is 14.5. The molecule has 1 heterocycles. The van der Waals surface area contributed by atoms with Crippen LogP contribution in [0.25, 0.3) is 0 Å². The van der Waals surface area contributed by atoms with E-state index in [1.807, 2.05) is 7.05 Å². The van der Waals surface area contributed by atoms with Crippen molar-refractivity contribution in [2.45, 2.75) is 78.3 Å². The summed E-state index contributed by atoms with van der Waals surface area (Å²) in [6.45, 7) is 7.77. The second kappa shape index (κ2) is 7.26. The predicted octanol–water partition coefficient (Wildman–Crippen LogP) is 3.87. The van der Waals surface area contributed by atoms with Crippen LogP contribution in [0.5, 0.6) is 0 Å². The van der Waals surface area contributed by atoms with Gasteiger partial charge >= 0.3 is 0 Å². The molecule has 0 radical (unpaired) electrons. The Balaban J connectivity index is 2.23. The highest BCUT2D eigenvalue weighted by atomic mass is 15.3. The van der Waals surface area contributed by atoms with Gasteiger partial charge in [0, 0.05) is 17.8 Å². The maximum atomic E-state index is 4.97. The van der Waals surface area contributed by atoms with E-state index >= 15 is 0 Å². The van der Waals surface area contributed by atoms with Gasteiger partial charge in [-0.15, -0.1) is 0 Å². The lowest BCUT2D eigenvalue weighted by Crippen LogP contribution is -2.21. The standard InChI is InChI=1S/C17H31N3/c1-5-13-8-10-14(11-9-13)20-17(7-3)15(12-18-4)16(6-2)19-20/h13-14,18H,5-12H2,1-4H3. The number of nitrogens with zero attached hydrogens (tertiary/aromatic N) is 2. The van der Waals surface area contributed by atoms with Crippen molar-refractivity contribution in [3.8, 4) is 0 Å². The highest BCUT2D eigenvalue weighted by Crippen LogP contribution is 2.35. The second-order valence-corrected chi connectivity index (χ2v) is 6.14. The number of rotatable bonds is 6. The molecule has 0 saturated heterocycles. The average molecular weight is 277 g/mol. The molecule has 0 amide bonds. The smallest absolute Gasteiger partial charge is 0.0669 e. The molecule has 1 aliphatic carbocycles. The van der Waals surface area contributed by atoms with Gasteiger partial charge in [0.25, 0.3) is 0 Å². The zero-order valence-corrected chi connectivity index (χ0v) is 13.7. The van der Waals surface area contributed by atoms with Gasteiger partial charge in [-0.2, -0.15) is 5.10 Å². The molecule has 114 valence electrons. The summed E-state index contributed by atoms with van der Waals surface area (Å²) in [6.07, 6.45) is 8.88. The molecule has 1 saturated carbocycles. The van der Waals surface area contributed by atoms with E-state index in [1.54, 1.807) is 0 Å². The maximum absolute atomic E-state index is 4.97. The van der Waals surface area contributed by atoms with Crippen molar-refractivity contribution in [1.29, 1.82) is 0 Å². The highest BCUT2D eigenvalue weighted by molar-refractivity contribution is 5.27. The SMILES string of the molecule is CCc1nn(C2CCC(CC)CC2)c(CC)c1CNC. The van der Waals surface area contributed by atoms with Gasteiger partial charge in [0.05, 0.1) is 11.7 Å². The monoisotopic (exact) mass is 277 g/mol. The fourth-order valence-electron chi connectivity index (χ4n) is 3.70. The van der Waals surface area contributed by atoms with Gasteiger partial charge in [0.15, 0.2) is 0 Å². The average Bonchev–Trinajstić information content (AvgIpc) is 2.85. The van der Waals surface area contributed by atoms with Gasteiger partial charge in [0.1, 0.15) is 0 Å². The summed E-state index contributed by atoms with van der Waals surface area (Å²) in [5, 5.41) is 8.28. The first-order valence-corrected chi connectivity index (χ1v) is 8.48. The van der Waals surface area contributed by atoms with Crippen LogP contribution in [0, 0.1) is 5.92 Å². The minimum atomic E-state index is 0.642. The molecule has 1 aromatic rings. The van der Waals surface area contributed by atoms with Gasteiger partial charge in [-0.25, -0.2) is 0 Å². The molecular formula is C17H31N3. The summed E-state index contributed by atoms with van der Waals surface area (Å²) >= 11 is 0. The number of hydrogen-bond donors (Lipinski definition) is 1. The van der Waals surface area contributed by atoms with Crippen LogP contribution in [-0.4, -0.2) is 16.8 Å². The van der Waals surface area contributed by atoms with Gasteiger partial charge in [-0.3, -0.25) is 4.68 Å². The van der Waals surface area contributed by atoms with E-state index in [0.717, 1.165) is 25.3 Å². The van der Waals surface area contributed by atoms with Crippen LogP contribution in [0.4, 0.5) is 0 Å². The third kappa shape index (κ3) is 3.08. The van der Waals surface area contributed by atoms with Crippen molar-refractivity contribution in [2.75, 3.05) is 7.05 Å². The van der Waals surface area contributed by atoms with Crippen LogP contribution >= 0.6 is 0 Å². The Morgan fingerprint density at radius 1 is 1.10 bits per heavy atom. The fourth-order valence-corrected chi connectivity index (χ4v) is 3.70. The molecule has 0 atom stereocenters. The van der Waals surface area contributed by atoms with E-state index in [-0.39, 0.29) is 0 Å². The number of nitrogens with one attached hydrogen (secondary N) is 1. The van der Waals surface area contributed by atoms with E-state index in [9.17, 15) is 0 Å². The lowest BCUT2D eigenvalue weighted by molar-refractivity contribution is 0.252. The Labute approximate surface area is 124 Å². The minimum absolute atomic E-state index is 0.642. The van der Waals surface area contributed by atoms with Crippen molar-refractivity contribution in [2.24, 2.45) is 5.92 Å². The van der Waals surface area contributed by atoms with E-state index in [1.165, 1.54) is 49.1 Å². The highest BCUT2D eigenvalue weighted by Gasteiger charge is 2.25. The molecule has 0 bridgehead atoms. The molecule has 0 unspecified atom stereocenters. The molecule has 1 aromatic heterocycles. The van der Waals surface area contributed by atoms with Crippen LogP contribution < -0.4 is 5.32 Å². The van der Waals surface area contributed by atoms with E-state index in [4.69, 9.17) is 5.10 Å². The van der Waals surface area contributed by atoms with Gasteiger partial charge in [-0.05, 0) is 51.5 Å². The zero-order valence-electron chi connectivity index (χ0n) is 13.7. The Kier molecular flexibility index (Phi) is 5.64. The summed E-state index contributed by atoms with van der Waals surface area (Å²) in [6, 6.07) is 0.642. The molecule has 1 aliphatic rings. The van der Waals surface area contributed by atoms with Crippen molar-refractivity contribution >= 4 is 0 Å². The Morgan fingerprint density at radius 2 is 1.80 bits per heavy atom. The van der Waals surface area contributed by atoms with Gasteiger partial charge in [0.2, 0.25) is 0 Å². The molecule has 20 heavy (non-hydrogen) atoms. The molecule has 2 rings (SSSR count). The minimum Gasteiger partial charge on any atom is -0.316 e. The third-order valence-electron chi connectivity index (χ3n) is 4.96. The van der Waals surface area contributed by atoms with Crippen molar-refractivity contribution in [3.05, 3.63) is 17.0 Å². The van der Waals surface area contributed by atoms with E-state index < -0.39 is 0 Å². The van der Waals surface area contributed by atoms with Crippen LogP contribution in [0.15, 0.2) is 0 Å². The number of hydrogen-bond acceptors (Lipinski definition) is 2. The van der Waals surface area contributed by atoms with Gasteiger partial charge < -0.3 is 5.32 Å². The lowest BCUT2D eigenvalue weighted by Gasteiger charge is -2.29. The molecular weight excluding hydrogens is 246 g/mol. The number of aryl methyl sites for hydroxylation is 1. The first-order valence-electron chi connectivity index (χ1n) is 8.48. The molecule has 3 heteroatoms. The van der Waals surface area contributed by atoms with E-state index in [0.29, 0.717) is 6.04 Å². The van der Waals surface area contributed by atoms with Crippen LogP contribution in [0.3, 0.4) is 0 Å². The maximum Gasteiger partial charge on any atom is 0.0669 e. The Hall–Kier alpha value is -0.830. The van der Waals surface area contributed by atoms with Gasteiger partial charge in [-0.1, -0.05) is 27.2 Å². The first-order chi connectivity index (χ1) is 9.74. The van der Waals surface area contributed by atoms with E-state index in [2.05, 4.69) is 30.8 Å². The molecule has 0 spiro atoms. The first kappa shape index (κ1) is 15.6. The third-order valence-corrected chi connectivity index (χ3v) is 4.96. The van der Waals surface area contributed by atoms with Crippen molar-refractivity contribution in [3.63, 3.8) is 0 Å². The second-order valence-electron chi connectivity index (χ2n) is 6.14. The Bertz CT molecular complexity index is 414. The summed E-state index contributed by atoms with van der Waals surface area (Å²) in [7, 11) is 2.03. The predicted molar refractivity (Wildman–Crippen MR) is 85.0 cm³/mol. The molecule has 3 nitrogen and oxygen atoms in total. The van der Waals surface area contributed by atoms with Crippen molar-refractivity contribution < 1.29 is 0 Å². The molecule has 1 N–H and O–H groups in total. The normalized spacial score (nSPS) is 23.2. The van der Waals surface area contributed by atoms with Crippen molar-refractivity contribution in [1.82, 2.24) is 15.1 Å². The lowest BCUT2D eigenvalue weighted by atomic mass is 9.84. The topological polar surface area (TPSA) is 29.9 Å². The summed E-state index contributed by atoms with van der Waals surface area (Å²) in [4.78, 5) is 0. The van der Waals surface area contributed by atoms with Crippen LogP contribution in [0.1, 0.15) is 75.9 Å². The number of aromatic nitrogens is 2. The molecule has 1 fully saturated rings. The fraction of sp³-hybridized carbons (Fsp3) is 0.824. The largest absolute Gasteiger partial charge is 0.316 e. The Morgan fingerprint density at radius 3 is 2.30 bits per heavy atom. The molecule has 0 aliphatic heterocycles. The molecule has 0 aromatic carbocycles.